The van der Waals surface area contributed by atoms with Gasteiger partial charge in [-0.05, 0) is 24.3 Å². The third-order valence-electron chi connectivity index (χ3n) is 3.42. The predicted octanol–water partition coefficient (Wildman–Crippen LogP) is 2.33. The van der Waals surface area contributed by atoms with E-state index < -0.39 is 0 Å². The van der Waals surface area contributed by atoms with Gasteiger partial charge in [-0.3, -0.25) is 4.79 Å². The number of nitrogens with zero attached hydrogens (tertiary/aromatic N) is 4. The third kappa shape index (κ3) is 1.79. The number of hydrogen-bond donors (Lipinski definition) is 0. The summed E-state index contributed by atoms with van der Waals surface area (Å²) >= 11 is 0. The van der Waals surface area contributed by atoms with Crippen LogP contribution in [-0.4, -0.2) is 19.5 Å². The van der Waals surface area contributed by atoms with Gasteiger partial charge in [0.1, 0.15) is 12.7 Å². The Balaban J connectivity index is 2.10. The van der Waals surface area contributed by atoms with Crippen LogP contribution in [0.1, 0.15) is 0 Å². The molecule has 0 aliphatic carbocycles. The van der Waals surface area contributed by atoms with Crippen molar-refractivity contribution in [3.63, 3.8) is 0 Å². The fourth-order valence-electron chi connectivity index (χ4n) is 2.40. The minimum atomic E-state index is -0.135. The van der Waals surface area contributed by atoms with Crippen molar-refractivity contribution in [3.05, 3.63) is 71.5 Å². The quantitative estimate of drug-likeness (QED) is 0.534. The Morgan fingerprint density at radius 3 is 2.24 bits per heavy atom. The minimum Gasteiger partial charge on any atom is -0.268 e. The number of rotatable bonds is 1. The molecule has 0 saturated heterocycles. The number of fused-ring (bicyclic) bond motifs is 2. The zero-order chi connectivity index (χ0) is 14.2. The van der Waals surface area contributed by atoms with Crippen LogP contribution in [0.15, 0.2) is 66.0 Å². The molecule has 0 saturated carbocycles. The molecular weight excluding hydrogens is 264 g/mol. The molecular formula is C16H10N4O. The molecule has 4 rings (SSSR count). The Bertz CT molecular complexity index is 1020. The maximum Gasteiger partial charge on any atom is 0.266 e. The van der Waals surface area contributed by atoms with E-state index in [1.165, 1.54) is 17.2 Å². The van der Waals surface area contributed by atoms with Gasteiger partial charge in [-0.1, -0.05) is 24.3 Å². The molecule has 5 nitrogen and oxygen atoms in total. The molecule has 0 amide bonds. The molecule has 5 heteroatoms. The Labute approximate surface area is 119 Å². The van der Waals surface area contributed by atoms with E-state index in [4.69, 9.17) is 0 Å². The monoisotopic (exact) mass is 274 g/mol. The first-order valence-corrected chi connectivity index (χ1v) is 6.51. The molecule has 0 aliphatic rings. The fourth-order valence-corrected chi connectivity index (χ4v) is 2.40. The first-order chi connectivity index (χ1) is 10.3. The van der Waals surface area contributed by atoms with Gasteiger partial charge in [-0.15, -0.1) is 0 Å². The van der Waals surface area contributed by atoms with Crippen LogP contribution in [0.4, 0.5) is 0 Å². The molecule has 100 valence electrons. The van der Waals surface area contributed by atoms with Crippen molar-refractivity contribution in [1.29, 1.82) is 0 Å². The highest BCUT2D eigenvalue weighted by Gasteiger charge is 2.09. The van der Waals surface area contributed by atoms with Gasteiger partial charge in [0.2, 0.25) is 0 Å². The Morgan fingerprint density at radius 1 is 0.762 bits per heavy atom. The van der Waals surface area contributed by atoms with Crippen LogP contribution in [0.2, 0.25) is 0 Å². The van der Waals surface area contributed by atoms with Gasteiger partial charge in [-0.25, -0.2) is 19.5 Å². The van der Waals surface area contributed by atoms with Crippen molar-refractivity contribution in [3.8, 4) is 5.82 Å². The van der Waals surface area contributed by atoms with Crippen molar-refractivity contribution < 1.29 is 0 Å². The summed E-state index contributed by atoms with van der Waals surface area (Å²) in [7, 11) is 0. The van der Waals surface area contributed by atoms with Crippen LogP contribution in [0.3, 0.4) is 0 Å². The van der Waals surface area contributed by atoms with E-state index in [9.17, 15) is 4.79 Å². The lowest BCUT2D eigenvalue weighted by atomic mass is 10.2. The van der Waals surface area contributed by atoms with Crippen molar-refractivity contribution in [1.82, 2.24) is 19.5 Å². The molecule has 0 radical (unpaired) electrons. The van der Waals surface area contributed by atoms with Gasteiger partial charge in [-0.2, -0.15) is 0 Å². The second-order valence-electron chi connectivity index (χ2n) is 4.65. The van der Waals surface area contributed by atoms with Gasteiger partial charge in [0, 0.05) is 5.39 Å². The van der Waals surface area contributed by atoms with Crippen molar-refractivity contribution in [2.24, 2.45) is 0 Å². The van der Waals surface area contributed by atoms with Gasteiger partial charge in [0.15, 0.2) is 5.82 Å². The van der Waals surface area contributed by atoms with Crippen LogP contribution < -0.4 is 5.56 Å². The SMILES string of the molecule is O=c1c2ccccc2ncn1-c1ncnc2ccccc12. The number of para-hydroxylation sites is 2. The summed E-state index contributed by atoms with van der Waals surface area (Å²) in [5.74, 6) is 0.545. The lowest BCUT2D eigenvalue weighted by molar-refractivity contribution is 0.923. The molecule has 0 atom stereocenters. The van der Waals surface area contributed by atoms with Crippen molar-refractivity contribution in [2.75, 3.05) is 0 Å². The first-order valence-electron chi connectivity index (χ1n) is 6.51. The maximum absolute atomic E-state index is 12.6. The summed E-state index contributed by atoms with van der Waals surface area (Å²) in [6.07, 6.45) is 2.97. The zero-order valence-corrected chi connectivity index (χ0v) is 11.0. The summed E-state index contributed by atoms with van der Waals surface area (Å²) in [6.45, 7) is 0. The van der Waals surface area contributed by atoms with Crippen molar-refractivity contribution >= 4 is 21.8 Å². The van der Waals surface area contributed by atoms with Crippen LogP contribution in [0.5, 0.6) is 0 Å². The average Bonchev–Trinajstić information content (AvgIpc) is 2.55. The Kier molecular flexibility index (Phi) is 2.50. The van der Waals surface area contributed by atoms with Crippen LogP contribution >= 0.6 is 0 Å². The van der Waals surface area contributed by atoms with E-state index in [-0.39, 0.29) is 5.56 Å². The Morgan fingerprint density at radius 2 is 1.43 bits per heavy atom. The minimum absolute atomic E-state index is 0.135. The third-order valence-corrected chi connectivity index (χ3v) is 3.42. The average molecular weight is 274 g/mol. The highest BCUT2D eigenvalue weighted by Crippen LogP contribution is 2.17. The van der Waals surface area contributed by atoms with E-state index >= 15 is 0 Å². The highest BCUT2D eigenvalue weighted by molar-refractivity contribution is 5.85. The molecule has 2 aromatic heterocycles. The molecule has 4 aromatic rings. The maximum atomic E-state index is 12.6. The summed E-state index contributed by atoms with van der Waals surface area (Å²) in [6, 6.07) is 14.9. The molecule has 0 unspecified atom stereocenters. The van der Waals surface area contributed by atoms with Crippen LogP contribution in [-0.2, 0) is 0 Å². The van der Waals surface area contributed by atoms with Gasteiger partial charge >= 0.3 is 0 Å². The predicted molar refractivity (Wildman–Crippen MR) is 80.4 cm³/mol. The number of hydrogen-bond acceptors (Lipinski definition) is 4. The summed E-state index contributed by atoms with van der Waals surface area (Å²) < 4.78 is 1.46. The standard InChI is InChI=1S/C16H10N4O/c21-16-12-6-2-4-8-14(12)19-10-20(16)15-11-5-1-3-7-13(11)17-9-18-15/h1-10H. The molecule has 2 aromatic carbocycles. The lowest BCUT2D eigenvalue weighted by Crippen LogP contribution is -2.20. The van der Waals surface area contributed by atoms with E-state index in [2.05, 4.69) is 15.0 Å². The topological polar surface area (TPSA) is 60.7 Å². The summed E-state index contributed by atoms with van der Waals surface area (Å²) in [4.78, 5) is 25.4. The van der Waals surface area contributed by atoms with E-state index in [0.29, 0.717) is 16.7 Å². The van der Waals surface area contributed by atoms with Gasteiger partial charge in [0.25, 0.3) is 5.56 Å². The van der Waals surface area contributed by atoms with Crippen LogP contribution in [0, 0.1) is 0 Å². The molecule has 0 aliphatic heterocycles. The van der Waals surface area contributed by atoms with Gasteiger partial charge < -0.3 is 0 Å². The van der Waals surface area contributed by atoms with Crippen LogP contribution in [0.25, 0.3) is 27.6 Å². The van der Waals surface area contributed by atoms with E-state index in [0.717, 1.165) is 10.9 Å². The molecule has 0 N–H and O–H groups in total. The van der Waals surface area contributed by atoms with E-state index in [1.54, 1.807) is 6.07 Å². The molecule has 2 heterocycles. The van der Waals surface area contributed by atoms with Gasteiger partial charge in [0.05, 0.1) is 16.4 Å². The zero-order valence-electron chi connectivity index (χ0n) is 11.0. The van der Waals surface area contributed by atoms with Crippen molar-refractivity contribution in [2.45, 2.75) is 0 Å². The summed E-state index contributed by atoms with van der Waals surface area (Å²) in [5, 5.41) is 1.39. The lowest BCUT2D eigenvalue weighted by Gasteiger charge is -2.08. The second-order valence-corrected chi connectivity index (χ2v) is 4.65. The normalized spacial score (nSPS) is 11.0. The highest BCUT2D eigenvalue weighted by atomic mass is 16.1. The number of aromatic nitrogens is 4. The smallest absolute Gasteiger partial charge is 0.266 e. The molecule has 0 bridgehead atoms. The van der Waals surface area contributed by atoms with E-state index in [1.807, 2.05) is 42.5 Å². The Hall–Kier alpha value is -3.08. The number of benzene rings is 2. The largest absolute Gasteiger partial charge is 0.268 e. The molecule has 21 heavy (non-hydrogen) atoms. The molecule has 0 fully saturated rings. The second kappa shape index (κ2) is 4.49. The fraction of sp³-hybridized carbons (Fsp3) is 0. The summed E-state index contributed by atoms with van der Waals surface area (Å²) in [5.41, 5.74) is 1.34. The first kappa shape index (κ1) is 11.7. The molecule has 0 spiro atoms.